The van der Waals surface area contributed by atoms with Gasteiger partial charge in [-0.25, -0.2) is 4.68 Å². The van der Waals surface area contributed by atoms with E-state index in [0.717, 1.165) is 22.5 Å². The van der Waals surface area contributed by atoms with Gasteiger partial charge in [0.1, 0.15) is 0 Å². The van der Waals surface area contributed by atoms with Crippen molar-refractivity contribution in [1.29, 1.82) is 0 Å². The van der Waals surface area contributed by atoms with E-state index in [9.17, 15) is 8.78 Å². The molecule has 2 aromatic heterocycles. The van der Waals surface area contributed by atoms with E-state index in [2.05, 4.69) is 15.5 Å². The zero-order chi connectivity index (χ0) is 13.8. The summed E-state index contributed by atoms with van der Waals surface area (Å²) >= 11 is 0. The molecule has 0 aliphatic heterocycles. The molecule has 112 valence electrons. The van der Waals surface area contributed by atoms with E-state index >= 15 is 0 Å². The highest BCUT2D eigenvalue weighted by Gasteiger charge is 2.11. The summed E-state index contributed by atoms with van der Waals surface area (Å²) in [6.45, 7) is 3.13. The van der Waals surface area contributed by atoms with Gasteiger partial charge in [-0.05, 0) is 25.5 Å². The Hall–Kier alpha value is -1.47. The van der Waals surface area contributed by atoms with Gasteiger partial charge in [-0.3, -0.25) is 4.68 Å². The van der Waals surface area contributed by atoms with Crippen LogP contribution in [0.1, 0.15) is 30.4 Å². The van der Waals surface area contributed by atoms with Gasteiger partial charge < -0.3 is 5.32 Å². The first-order chi connectivity index (χ1) is 9.13. The molecule has 2 rings (SSSR count). The third-order valence-corrected chi connectivity index (χ3v) is 2.99. The van der Waals surface area contributed by atoms with Gasteiger partial charge in [0.15, 0.2) is 0 Å². The first-order valence-corrected chi connectivity index (χ1v) is 6.16. The van der Waals surface area contributed by atoms with Crippen molar-refractivity contribution in [1.82, 2.24) is 24.9 Å². The SMILES string of the molecule is CCn1ncc(C)c1CNCc1ccnn1C(F)F.Cl. The molecule has 0 fully saturated rings. The molecule has 5 nitrogen and oxygen atoms in total. The van der Waals surface area contributed by atoms with Crippen molar-refractivity contribution in [2.24, 2.45) is 0 Å². The maximum Gasteiger partial charge on any atom is 0.333 e. The highest BCUT2D eigenvalue weighted by Crippen LogP contribution is 2.12. The van der Waals surface area contributed by atoms with E-state index in [1.165, 1.54) is 6.20 Å². The minimum atomic E-state index is -2.60. The van der Waals surface area contributed by atoms with Crippen LogP contribution in [0.3, 0.4) is 0 Å². The summed E-state index contributed by atoms with van der Waals surface area (Å²) in [5, 5.41) is 11.0. The number of aromatic nitrogens is 4. The van der Waals surface area contributed by atoms with E-state index in [-0.39, 0.29) is 12.4 Å². The fraction of sp³-hybridized carbons (Fsp3) is 0.500. The summed E-state index contributed by atoms with van der Waals surface area (Å²) in [6, 6.07) is 1.59. The molecule has 0 saturated carbocycles. The predicted octanol–water partition coefficient (Wildman–Crippen LogP) is 2.51. The molecule has 0 amide bonds. The maximum absolute atomic E-state index is 12.6. The van der Waals surface area contributed by atoms with Crippen LogP contribution in [0.5, 0.6) is 0 Å². The fourth-order valence-electron chi connectivity index (χ4n) is 1.97. The third kappa shape index (κ3) is 3.55. The fourth-order valence-corrected chi connectivity index (χ4v) is 1.97. The highest BCUT2D eigenvalue weighted by molar-refractivity contribution is 5.85. The number of hydrogen-bond donors (Lipinski definition) is 1. The molecule has 0 aromatic carbocycles. The standard InChI is InChI=1S/C12H17F2N5.ClH/c1-3-18-11(9(2)6-17-18)8-15-7-10-4-5-16-19(10)12(13)14;/h4-6,12,15H,3,7-8H2,1-2H3;1H. The molecule has 8 heteroatoms. The third-order valence-electron chi connectivity index (χ3n) is 2.99. The van der Waals surface area contributed by atoms with Crippen molar-refractivity contribution in [3.8, 4) is 0 Å². The molecule has 0 unspecified atom stereocenters. The van der Waals surface area contributed by atoms with Crippen LogP contribution in [0.4, 0.5) is 8.78 Å². The second-order valence-electron chi connectivity index (χ2n) is 4.24. The van der Waals surface area contributed by atoms with E-state index in [1.54, 1.807) is 6.07 Å². The molecule has 0 bridgehead atoms. The zero-order valence-corrected chi connectivity index (χ0v) is 12.2. The Balaban J connectivity index is 0.00000200. The molecule has 0 spiro atoms. The van der Waals surface area contributed by atoms with Crippen molar-refractivity contribution in [3.05, 3.63) is 35.4 Å². The number of aryl methyl sites for hydroxylation is 2. The Kier molecular flexibility index (Phi) is 6.09. The largest absolute Gasteiger partial charge is 0.333 e. The van der Waals surface area contributed by atoms with Crippen molar-refractivity contribution in [3.63, 3.8) is 0 Å². The topological polar surface area (TPSA) is 47.7 Å². The smallest absolute Gasteiger partial charge is 0.306 e. The minimum absolute atomic E-state index is 0. The van der Waals surface area contributed by atoms with Crippen LogP contribution in [0.25, 0.3) is 0 Å². The summed E-state index contributed by atoms with van der Waals surface area (Å²) in [4.78, 5) is 0. The number of rotatable bonds is 6. The quantitative estimate of drug-likeness (QED) is 0.892. The maximum atomic E-state index is 12.6. The molecule has 0 atom stereocenters. The van der Waals surface area contributed by atoms with E-state index in [4.69, 9.17) is 0 Å². The van der Waals surface area contributed by atoms with Crippen LogP contribution in [-0.4, -0.2) is 19.6 Å². The predicted molar refractivity (Wildman–Crippen MR) is 73.9 cm³/mol. The first kappa shape index (κ1) is 16.6. The van der Waals surface area contributed by atoms with E-state index < -0.39 is 6.55 Å². The lowest BCUT2D eigenvalue weighted by Gasteiger charge is -2.09. The average molecular weight is 306 g/mol. The van der Waals surface area contributed by atoms with Gasteiger partial charge in [0.2, 0.25) is 0 Å². The Labute approximate surface area is 122 Å². The molecule has 1 N–H and O–H groups in total. The van der Waals surface area contributed by atoms with Crippen molar-refractivity contribution in [2.75, 3.05) is 0 Å². The molecular weight excluding hydrogens is 288 g/mol. The monoisotopic (exact) mass is 305 g/mol. The van der Waals surface area contributed by atoms with E-state index in [1.807, 2.05) is 24.7 Å². The molecule has 2 aromatic rings. The van der Waals surface area contributed by atoms with Crippen molar-refractivity contribution in [2.45, 2.75) is 40.0 Å². The number of hydrogen-bond acceptors (Lipinski definition) is 3. The Bertz CT molecular complexity index is 538. The molecule has 0 saturated heterocycles. The molecule has 0 radical (unpaired) electrons. The van der Waals surface area contributed by atoms with Gasteiger partial charge in [-0.15, -0.1) is 12.4 Å². The lowest BCUT2D eigenvalue weighted by molar-refractivity contribution is 0.0531. The van der Waals surface area contributed by atoms with Gasteiger partial charge >= 0.3 is 6.55 Å². The number of halogens is 3. The van der Waals surface area contributed by atoms with Crippen LogP contribution in [0.15, 0.2) is 18.5 Å². The molecule has 2 heterocycles. The summed E-state index contributed by atoms with van der Waals surface area (Å²) < 4.78 is 27.8. The average Bonchev–Trinajstić information content (AvgIpc) is 2.97. The molecule has 0 aliphatic carbocycles. The minimum Gasteiger partial charge on any atom is -0.306 e. The lowest BCUT2D eigenvalue weighted by Crippen LogP contribution is -2.19. The van der Waals surface area contributed by atoms with Crippen molar-refractivity contribution >= 4 is 12.4 Å². The first-order valence-electron chi connectivity index (χ1n) is 6.16. The normalized spacial score (nSPS) is 10.8. The number of nitrogens with zero attached hydrogens (tertiary/aromatic N) is 4. The second kappa shape index (κ2) is 7.35. The Morgan fingerprint density at radius 1 is 1.30 bits per heavy atom. The Morgan fingerprint density at radius 2 is 2.05 bits per heavy atom. The molecule has 20 heavy (non-hydrogen) atoms. The van der Waals surface area contributed by atoms with Crippen LogP contribution in [0.2, 0.25) is 0 Å². The summed E-state index contributed by atoms with van der Waals surface area (Å²) in [5.41, 5.74) is 2.64. The summed E-state index contributed by atoms with van der Waals surface area (Å²) in [7, 11) is 0. The van der Waals surface area contributed by atoms with Crippen LogP contribution >= 0.6 is 12.4 Å². The summed E-state index contributed by atoms with van der Waals surface area (Å²) in [6.07, 6.45) is 3.19. The van der Waals surface area contributed by atoms with Crippen LogP contribution in [-0.2, 0) is 19.6 Å². The molecule has 0 aliphatic rings. The van der Waals surface area contributed by atoms with Gasteiger partial charge in [-0.1, -0.05) is 0 Å². The van der Waals surface area contributed by atoms with Crippen LogP contribution < -0.4 is 5.32 Å². The van der Waals surface area contributed by atoms with Crippen LogP contribution in [0, 0.1) is 6.92 Å². The van der Waals surface area contributed by atoms with E-state index in [0.29, 0.717) is 18.8 Å². The zero-order valence-electron chi connectivity index (χ0n) is 11.4. The van der Waals surface area contributed by atoms with Gasteiger partial charge in [0.05, 0.1) is 17.6 Å². The molecular formula is C12H18ClF2N5. The Morgan fingerprint density at radius 3 is 2.70 bits per heavy atom. The lowest BCUT2D eigenvalue weighted by atomic mass is 10.2. The number of alkyl halides is 2. The second-order valence-corrected chi connectivity index (χ2v) is 4.24. The number of nitrogens with one attached hydrogen (secondary N) is 1. The summed E-state index contributed by atoms with van der Waals surface area (Å²) in [5.74, 6) is 0. The van der Waals surface area contributed by atoms with Crippen molar-refractivity contribution < 1.29 is 8.78 Å². The van der Waals surface area contributed by atoms with Gasteiger partial charge in [-0.2, -0.15) is 19.0 Å². The van der Waals surface area contributed by atoms with Gasteiger partial charge in [0.25, 0.3) is 0 Å². The van der Waals surface area contributed by atoms with Gasteiger partial charge in [0, 0.05) is 25.8 Å². The highest BCUT2D eigenvalue weighted by atomic mass is 35.5.